The molecule has 6 heteroatoms. The molecule has 2 aromatic carbocycles. The monoisotopic (exact) mass is 440 g/mol. The van der Waals surface area contributed by atoms with Crippen molar-refractivity contribution in [3.63, 3.8) is 0 Å². The molecule has 0 unspecified atom stereocenters. The van der Waals surface area contributed by atoms with E-state index >= 15 is 0 Å². The summed E-state index contributed by atoms with van der Waals surface area (Å²) in [6, 6.07) is 18.7. The lowest BCUT2D eigenvalue weighted by molar-refractivity contribution is 0.0984. The molecule has 0 saturated heterocycles. The number of hydrogen-bond donors (Lipinski definition) is 0. The number of aryl methyl sites for hydroxylation is 1. The van der Waals surface area contributed by atoms with Crippen molar-refractivity contribution >= 4 is 27.5 Å². The summed E-state index contributed by atoms with van der Waals surface area (Å²) in [5, 5.41) is 0. The van der Waals surface area contributed by atoms with Crippen LogP contribution in [0.3, 0.4) is 0 Å². The van der Waals surface area contributed by atoms with Gasteiger partial charge < -0.3 is 14.4 Å². The maximum absolute atomic E-state index is 13.4. The summed E-state index contributed by atoms with van der Waals surface area (Å²) in [5.74, 6) is 1.17. The van der Waals surface area contributed by atoms with Gasteiger partial charge in [0.2, 0.25) is 5.88 Å². The first-order valence-electron chi connectivity index (χ1n) is 8.74. The van der Waals surface area contributed by atoms with Crippen molar-refractivity contribution in [2.24, 2.45) is 0 Å². The van der Waals surface area contributed by atoms with E-state index in [1.54, 1.807) is 31.3 Å². The number of hydrogen-bond acceptors (Lipinski definition) is 4. The Kier molecular flexibility index (Phi) is 6.31. The van der Waals surface area contributed by atoms with E-state index < -0.39 is 0 Å². The van der Waals surface area contributed by atoms with Gasteiger partial charge in [0.05, 0.1) is 37.7 Å². The number of aromatic nitrogens is 1. The number of rotatable bonds is 6. The fraction of sp³-hybridized carbons (Fsp3) is 0.182. The Morgan fingerprint density at radius 1 is 1.00 bits per heavy atom. The van der Waals surface area contributed by atoms with Crippen LogP contribution in [-0.4, -0.2) is 25.1 Å². The Hall–Kier alpha value is -2.86. The second-order valence-electron chi connectivity index (χ2n) is 6.18. The molecule has 28 heavy (non-hydrogen) atoms. The molecule has 1 aromatic heterocycles. The van der Waals surface area contributed by atoms with Gasteiger partial charge in [0.1, 0.15) is 5.75 Å². The van der Waals surface area contributed by atoms with E-state index in [2.05, 4.69) is 20.9 Å². The average molecular weight is 441 g/mol. The SMILES string of the molecule is COc1ccc(CN(C(=O)c2ccccc2Br)c2ccc(OC)nc2C)cc1. The third-order valence-electron chi connectivity index (χ3n) is 4.38. The van der Waals surface area contributed by atoms with E-state index in [4.69, 9.17) is 9.47 Å². The van der Waals surface area contributed by atoms with E-state index in [1.165, 1.54) is 0 Å². The normalized spacial score (nSPS) is 10.4. The zero-order chi connectivity index (χ0) is 20.1. The summed E-state index contributed by atoms with van der Waals surface area (Å²) < 4.78 is 11.2. The number of pyridine rings is 1. The minimum absolute atomic E-state index is 0.113. The van der Waals surface area contributed by atoms with E-state index in [9.17, 15) is 4.79 Å². The number of halogens is 1. The molecule has 0 saturated carbocycles. The summed E-state index contributed by atoms with van der Waals surface area (Å²) in [6.45, 7) is 2.27. The van der Waals surface area contributed by atoms with Crippen LogP contribution in [0.15, 0.2) is 65.1 Å². The van der Waals surface area contributed by atoms with Crippen molar-refractivity contribution in [2.75, 3.05) is 19.1 Å². The summed E-state index contributed by atoms with van der Waals surface area (Å²) in [6.07, 6.45) is 0. The predicted octanol–water partition coefficient (Wildman–Crippen LogP) is 5.02. The van der Waals surface area contributed by atoms with Gasteiger partial charge >= 0.3 is 0 Å². The molecule has 0 bridgehead atoms. The highest BCUT2D eigenvalue weighted by Gasteiger charge is 2.22. The number of ether oxygens (including phenoxy) is 2. The Balaban J connectivity index is 2.02. The summed E-state index contributed by atoms with van der Waals surface area (Å²) in [5.41, 5.74) is 3.02. The predicted molar refractivity (Wildman–Crippen MR) is 113 cm³/mol. The highest BCUT2D eigenvalue weighted by atomic mass is 79.9. The van der Waals surface area contributed by atoms with Crippen LogP contribution in [0.4, 0.5) is 5.69 Å². The van der Waals surface area contributed by atoms with E-state index in [1.807, 2.05) is 55.5 Å². The van der Waals surface area contributed by atoms with Crippen LogP contribution in [-0.2, 0) is 6.54 Å². The summed E-state index contributed by atoms with van der Waals surface area (Å²) in [4.78, 5) is 19.6. The minimum atomic E-state index is -0.113. The van der Waals surface area contributed by atoms with Gasteiger partial charge in [-0.1, -0.05) is 24.3 Å². The molecule has 0 spiro atoms. The van der Waals surface area contributed by atoms with Crippen molar-refractivity contribution in [1.29, 1.82) is 0 Å². The first-order valence-corrected chi connectivity index (χ1v) is 9.53. The van der Waals surface area contributed by atoms with Gasteiger partial charge in [0.25, 0.3) is 5.91 Å². The van der Waals surface area contributed by atoms with Crippen molar-refractivity contribution in [3.8, 4) is 11.6 Å². The number of anilines is 1. The number of methoxy groups -OCH3 is 2. The van der Waals surface area contributed by atoms with E-state index in [-0.39, 0.29) is 5.91 Å². The topological polar surface area (TPSA) is 51.7 Å². The zero-order valence-electron chi connectivity index (χ0n) is 16.0. The Bertz CT molecular complexity index is 974. The van der Waals surface area contributed by atoms with Gasteiger partial charge in [0, 0.05) is 10.5 Å². The highest BCUT2D eigenvalue weighted by Crippen LogP contribution is 2.28. The van der Waals surface area contributed by atoms with Gasteiger partial charge in [0.15, 0.2) is 0 Å². The van der Waals surface area contributed by atoms with Crippen LogP contribution >= 0.6 is 15.9 Å². The molecule has 5 nitrogen and oxygen atoms in total. The molecule has 3 aromatic rings. The van der Waals surface area contributed by atoms with Crippen LogP contribution in [0.1, 0.15) is 21.6 Å². The molecule has 144 valence electrons. The molecule has 0 aliphatic rings. The number of carbonyl (C=O) groups excluding carboxylic acids is 1. The second-order valence-corrected chi connectivity index (χ2v) is 7.03. The Morgan fingerprint density at radius 2 is 1.71 bits per heavy atom. The van der Waals surface area contributed by atoms with Crippen LogP contribution in [0.2, 0.25) is 0 Å². The molecule has 0 atom stereocenters. The van der Waals surface area contributed by atoms with Gasteiger partial charge in [-0.2, -0.15) is 0 Å². The third kappa shape index (κ3) is 4.34. The van der Waals surface area contributed by atoms with Crippen molar-refractivity contribution in [1.82, 2.24) is 4.98 Å². The van der Waals surface area contributed by atoms with Crippen LogP contribution in [0.25, 0.3) is 0 Å². The maximum atomic E-state index is 13.4. The number of amides is 1. The smallest absolute Gasteiger partial charge is 0.259 e. The number of nitrogens with zero attached hydrogens (tertiary/aromatic N) is 2. The highest BCUT2D eigenvalue weighted by molar-refractivity contribution is 9.10. The second kappa shape index (κ2) is 8.89. The Morgan fingerprint density at radius 3 is 2.32 bits per heavy atom. The van der Waals surface area contributed by atoms with Gasteiger partial charge in [-0.25, -0.2) is 4.98 Å². The van der Waals surface area contributed by atoms with Crippen molar-refractivity contribution < 1.29 is 14.3 Å². The molecule has 3 rings (SSSR count). The van der Waals surface area contributed by atoms with Crippen molar-refractivity contribution in [3.05, 3.63) is 82.0 Å². The summed E-state index contributed by atoms with van der Waals surface area (Å²) >= 11 is 3.48. The van der Waals surface area contributed by atoms with Gasteiger partial charge in [-0.3, -0.25) is 4.79 Å². The molecule has 1 heterocycles. The van der Waals surface area contributed by atoms with Crippen molar-refractivity contribution in [2.45, 2.75) is 13.5 Å². The maximum Gasteiger partial charge on any atom is 0.259 e. The first-order chi connectivity index (χ1) is 13.5. The largest absolute Gasteiger partial charge is 0.497 e. The molecule has 1 amide bonds. The lowest BCUT2D eigenvalue weighted by Gasteiger charge is -2.25. The van der Waals surface area contributed by atoms with Crippen LogP contribution in [0, 0.1) is 6.92 Å². The van der Waals surface area contributed by atoms with Crippen LogP contribution < -0.4 is 14.4 Å². The fourth-order valence-corrected chi connectivity index (χ4v) is 3.34. The fourth-order valence-electron chi connectivity index (χ4n) is 2.89. The third-order valence-corrected chi connectivity index (χ3v) is 5.07. The molecule has 0 aliphatic heterocycles. The molecule has 0 fully saturated rings. The molecule has 0 N–H and O–H groups in total. The minimum Gasteiger partial charge on any atom is -0.497 e. The molecular formula is C22H21BrN2O3. The number of carbonyl (C=O) groups is 1. The molecular weight excluding hydrogens is 420 g/mol. The Labute approximate surface area is 173 Å². The molecule has 0 radical (unpaired) electrons. The number of benzene rings is 2. The molecule has 0 aliphatic carbocycles. The van der Waals surface area contributed by atoms with E-state index in [0.717, 1.165) is 21.5 Å². The quantitative estimate of drug-likeness (QED) is 0.539. The van der Waals surface area contributed by atoms with E-state index in [0.29, 0.717) is 23.7 Å². The lowest BCUT2D eigenvalue weighted by Crippen LogP contribution is -2.31. The first kappa shape index (κ1) is 19.9. The zero-order valence-corrected chi connectivity index (χ0v) is 17.6. The lowest BCUT2D eigenvalue weighted by atomic mass is 10.1. The van der Waals surface area contributed by atoms with Gasteiger partial charge in [-0.05, 0) is 58.7 Å². The van der Waals surface area contributed by atoms with Crippen LogP contribution in [0.5, 0.6) is 11.6 Å². The van der Waals surface area contributed by atoms with Gasteiger partial charge in [-0.15, -0.1) is 0 Å². The standard InChI is InChI=1S/C22H21BrN2O3/c1-15-20(12-13-21(24-15)28-3)25(14-16-8-10-17(27-2)11-9-16)22(26)18-6-4-5-7-19(18)23/h4-13H,14H2,1-3H3. The summed E-state index contributed by atoms with van der Waals surface area (Å²) in [7, 11) is 3.20. The average Bonchev–Trinajstić information content (AvgIpc) is 2.72.